The van der Waals surface area contributed by atoms with Crippen molar-refractivity contribution in [1.82, 2.24) is 15.0 Å². The number of pyridine rings is 1. The first-order valence-electron chi connectivity index (χ1n) is 8.31. The molecule has 0 aliphatic rings. The number of nitrogens with zero attached hydrogens (tertiary/aromatic N) is 3. The zero-order valence-electron chi connectivity index (χ0n) is 15.0. The van der Waals surface area contributed by atoms with Crippen LogP contribution in [0.4, 0.5) is 17.5 Å². The molecule has 2 heterocycles. The Balaban J connectivity index is 1.98. The number of aromatic nitrogens is 3. The van der Waals surface area contributed by atoms with Gasteiger partial charge < -0.3 is 10.6 Å². The van der Waals surface area contributed by atoms with Crippen LogP contribution in [0.3, 0.4) is 0 Å². The van der Waals surface area contributed by atoms with Crippen LogP contribution < -0.4 is 10.6 Å². The standard InChI is InChI=1S/C20H23N5/c1-14-8-10-15(11-9-14)22-18-13-17(16-7-5-6-12-21-16)23-19(24-18)25-20(2,3)4/h5-13H,1-4H3,(H2,22,23,24,25). The van der Waals surface area contributed by atoms with Crippen LogP contribution in [0.2, 0.25) is 0 Å². The number of hydrogen-bond acceptors (Lipinski definition) is 5. The predicted octanol–water partition coefficient (Wildman–Crippen LogP) is 4.80. The summed E-state index contributed by atoms with van der Waals surface area (Å²) in [4.78, 5) is 13.6. The zero-order valence-corrected chi connectivity index (χ0v) is 15.0. The smallest absolute Gasteiger partial charge is 0.225 e. The molecule has 5 nitrogen and oxygen atoms in total. The number of hydrogen-bond donors (Lipinski definition) is 2. The summed E-state index contributed by atoms with van der Waals surface area (Å²) in [6, 6.07) is 15.9. The summed E-state index contributed by atoms with van der Waals surface area (Å²) in [5.41, 5.74) is 3.66. The minimum atomic E-state index is -0.135. The topological polar surface area (TPSA) is 62.7 Å². The minimum absolute atomic E-state index is 0.135. The molecular formula is C20H23N5. The third kappa shape index (κ3) is 4.76. The van der Waals surface area contributed by atoms with Crippen LogP contribution in [-0.4, -0.2) is 20.5 Å². The second-order valence-electron chi connectivity index (χ2n) is 7.04. The Labute approximate surface area is 148 Å². The highest BCUT2D eigenvalue weighted by Crippen LogP contribution is 2.23. The molecule has 0 amide bonds. The van der Waals surface area contributed by atoms with Gasteiger partial charge in [-0.15, -0.1) is 0 Å². The Morgan fingerprint density at radius 3 is 2.28 bits per heavy atom. The summed E-state index contributed by atoms with van der Waals surface area (Å²) in [5, 5.41) is 6.69. The number of anilines is 3. The first-order chi connectivity index (χ1) is 11.9. The quantitative estimate of drug-likeness (QED) is 0.718. The van der Waals surface area contributed by atoms with Gasteiger partial charge in [0.2, 0.25) is 5.95 Å². The first-order valence-corrected chi connectivity index (χ1v) is 8.31. The maximum absolute atomic E-state index is 4.62. The Morgan fingerprint density at radius 2 is 1.64 bits per heavy atom. The van der Waals surface area contributed by atoms with Gasteiger partial charge >= 0.3 is 0 Å². The van der Waals surface area contributed by atoms with E-state index in [2.05, 4.69) is 65.4 Å². The van der Waals surface area contributed by atoms with Gasteiger partial charge in [0.1, 0.15) is 5.82 Å². The van der Waals surface area contributed by atoms with Gasteiger partial charge in [0.15, 0.2) is 0 Å². The second-order valence-corrected chi connectivity index (χ2v) is 7.04. The lowest BCUT2D eigenvalue weighted by atomic mass is 10.1. The minimum Gasteiger partial charge on any atom is -0.350 e. The van der Waals surface area contributed by atoms with Crippen LogP contribution in [0.25, 0.3) is 11.4 Å². The largest absolute Gasteiger partial charge is 0.350 e. The Morgan fingerprint density at radius 1 is 0.880 bits per heavy atom. The van der Waals surface area contributed by atoms with E-state index >= 15 is 0 Å². The molecule has 25 heavy (non-hydrogen) atoms. The molecule has 0 radical (unpaired) electrons. The van der Waals surface area contributed by atoms with E-state index in [-0.39, 0.29) is 5.54 Å². The van der Waals surface area contributed by atoms with Crippen molar-refractivity contribution in [1.29, 1.82) is 0 Å². The van der Waals surface area contributed by atoms with Crippen molar-refractivity contribution in [2.24, 2.45) is 0 Å². The molecule has 0 unspecified atom stereocenters. The third-order valence-corrected chi connectivity index (χ3v) is 3.46. The van der Waals surface area contributed by atoms with Gasteiger partial charge in [-0.1, -0.05) is 23.8 Å². The molecule has 0 atom stereocenters. The summed E-state index contributed by atoms with van der Waals surface area (Å²) in [6.45, 7) is 8.31. The Kier molecular flexibility index (Phi) is 4.65. The van der Waals surface area contributed by atoms with Crippen LogP contribution >= 0.6 is 0 Å². The molecule has 3 aromatic rings. The molecule has 0 aliphatic carbocycles. The number of benzene rings is 1. The SMILES string of the molecule is Cc1ccc(Nc2cc(-c3ccccn3)nc(NC(C)(C)C)n2)cc1. The Hall–Kier alpha value is -2.95. The van der Waals surface area contributed by atoms with Crippen molar-refractivity contribution in [2.75, 3.05) is 10.6 Å². The van der Waals surface area contributed by atoms with Crippen molar-refractivity contribution in [2.45, 2.75) is 33.2 Å². The summed E-state index contributed by atoms with van der Waals surface area (Å²) < 4.78 is 0. The molecule has 2 aromatic heterocycles. The van der Waals surface area contributed by atoms with Gasteiger partial charge in [0.25, 0.3) is 0 Å². The molecule has 2 N–H and O–H groups in total. The van der Waals surface area contributed by atoms with E-state index in [0.29, 0.717) is 5.95 Å². The monoisotopic (exact) mass is 333 g/mol. The third-order valence-electron chi connectivity index (χ3n) is 3.46. The van der Waals surface area contributed by atoms with Crippen LogP contribution in [0.5, 0.6) is 0 Å². The summed E-state index contributed by atoms with van der Waals surface area (Å²) >= 11 is 0. The number of nitrogens with one attached hydrogen (secondary N) is 2. The summed E-state index contributed by atoms with van der Waals surface area (Å²) in [5.74, 6) is 1.30. The second kappa shape index (κ2) is 6.89. The van der Waals surface area contributed by atoms with E-state index in [9.17, 15) is 0 Å². The van der Waals surface area contributed by atoms with Gasteiger partial charge in [-0.25, -0.2) is 4.98 Å². The Bertz CT molecular complexity index is 836. The fourth-order valence-corrected chi connectivity index (χ4v) is 2.33. The first kappa shape index (κ1) is 16.9. The molecule has 0 saturated heterocycles. The van der Waals surface area contributed by atoms with Crippen LogP contribution in [0.15, 0.2) is 54.7 Å². The van der Waals surface area contributed by atoms with Crippen molar-refractivity contribution in [3.63, 3.8) is 0 Å². The maximum atomic E-state index is 4.62. The fraction of sp³-hybridized carbons (Fsp3) is 0.250. The highest BCUT2D eigenvalue weighted by atomic mass is 15.2. The van der Waals surface area contributed by atoms with Gasteiger partial charge in [-0.3, -0.25) is 4.98 Å². The van der Waals surface area contributed by atoms with Gasteiger partial charge in [0.05, 0.1) is 11.4 Å². The molecule has 5 heteroatoms. The normalized spacial score (nSPS) is 11.2. The van der Waals surface area contributed by atoms with E-state index in [1.807, 2.05) is 36.4 Å². The molecule has 0 saturated carbocycles. The average Bonchev–Trinajstić information content (AvgIpc) is 2.56. The van der Waals surface area contributed by atoms with E-state index in [4.69, 9.17) is 0 Å². The van der Waals surface area contributed by atoms with Crippen molar-refractivity contribution >= 4 is 17.5 Å². The molecule has 128 valence electrons. The predicted molar refractivity (Wildman–Crippen MR) is 103 cm³/mol. The molecule has 3 rings (SSSR count). The van der Waals surface area contributed by atoms with Crippen LogP contribution in [0.1, 0.15) is 26.3 Å². The molecule has 0 aliphatic heterocycles. The zero-order chi connectivity index (χ0) is 17.9. The molecule has 0 fully saturated rings. The maximum Gasteiger partial charge on any atom is 0.225 e. The summed E-state index contributed by atoms with van der Waals surface area (Å²) in [6.07, 6.45) is 1.77. The lowest BCUT2D eigenvalue weighted by Crippen LogP contribution is -2.27. The van der Waals surface area contributed by atoms with E-state index in [0.717, 1.165) is 22.9 Å². The van der Waals surface area contributed by atoms with Crippen LogP contribution in [0, 0.1) is 6.92 Å². The highest BCUT2D eigenvalue weighted by molar-refractivity contribution is 5.65. The van der Waals surface area contributed by atoms with E-state index in [1.54, 1.807) is 6.20 Å². The lowest BCUT2D eigenvalue weighted by Gasteiger charge is -2.21. The van der Waals surface area contributed by atoms with Gasteiger partial charge in [-0.05, 0) is 52.0 Å². The average molecular weight is 333 g/mol. The molecule has 1 aromatic carbocycles. The number of rotatable bonds is 4. The van der Waals surface area contributed by atoms with Crippen molar-refractivity contribution in [3.8, 4) is 11.4 Å². The highest BCUT2D eigenvalue weighted by Gasteiger charge is 2.14. The lowest BCUT2D eigenvalue weighted by molar-refractivity contribution is 0.626. The van der Waals surface area contributed by atoms with E-state index < -0.39 is 0 Å². The van der Waals surface area contributed by atoms with Gasteiger partial charge in [0, 0.05) is 23.5 Å². The molecule has 0 spiro atoms. The van der Waals surface area contributed by atoms with Crippen molar-refractivity contribution in [3.05, 3.63) is 60.3 Å². The van der Waals surface area contributed by atoms with E-state index in [1.165, 1.54) is 5.56 Å². The molecular weight excluding hydrogens is 310 g/mol. The van der Waals surface area contributed by atoms with Gasteiger partial charge in [-0.2, -0.15) is 4.98 Å². The van der Waals surface area contributed by atoms with Crippen LogP contribution in [-0.2, 0) is 0 Å². The fourth-order valence-electron chi connectivity index (χ4n) is 2.33. The molecule has 0 bridgehead atoms. The van der Waals surface area contributed by atoms with Crippen molar-refractivity contribution < 1.29 is 0 Å². The summed E-state index contributed by atoms with van der Waals surface area (Å²) in [7, 11) is 0. The number of aryl methyl sites for hydroxylation is 1.